The minimum atomic E-state index is 0.459. The molecule has 0 fully saturated rings. The molecule has 1 aromatic carbocycles. The van der Waals surface area contributed by atoms with Crippen molar-refractivity contribution in [1.82, 2.24) is 9.55 Å². The molecule has 1 atom stereocenters. The van der Waals surface area contributed by atoms with Gasteiger partial charge in [-0.2, -0.15) is 11.8 Å². The molecule has 0 amide bonds. The number of benzene rings is 1. The van der Waals surface area contributed by atoms with Crippen molar-refractivity contribution in [2.24, 2.45) is 0 Å². The second-order valence-corrected chi connectivity index (χ2v) is 8.13. The first-order chi connectivity index (χ1) is 12.3. The molecule has 0 aliphatic rings. The van der Waals surface area contributed by atoms with E-state index in [2.05, 4.69) is 40.8 Å². The lowest BCUT2D eigenvalue weighted by atomic mass is 10.1. The van der Waals surface area contributed by atoms with E-state index >= 15 is 0 Å². The normalized spacial score (nSPS) is 12.7. The molecule has 0 bridgehead atoms. The number of rotatable bonds is 12. The smallest absolute Gasteiger partial charge is 0.0946 e. The molecule has 0 radical (unpaired) electrons. The Morgan fingerprint density at radius 2 is 1.88 bits per heavy atom. The molecule has 0 saturated heterocycles. The average molecular weight is 377 g/mol. The zero-order valence-electron chi connectivity index (χ0n) is 15.1. The standard InChI is InChI=1S/C21H29ClN2S/c1-2-3-4-5-6-7-16-25-21(17-24-15-14-23-18-24)13-10-19-8-11-20(22)12-9-19/h8-15,18,21H,2-7,16-17H2,1H3. The number of aromatic nitrogens is 2. The molecule has 1 heterocycles. The van der Waals surface area contributed by atoms with Gasteiger partial charge in [-0.25, -0.2) is 4.98 Å². The Bertz CT molecular complexity index is 593. The van der Waals surface area contributed by atoms with Gasteiger partial charge in [0.1, 0.15) is 0 Å². The molecular weight excluding hydrogens is 348 g/mol. The summed E-state index contributed by atoms with van der Waals surface area (Å²) in [4.78, 5) is 4.16. The van der Waals surface area contributed by atoms with Gasteiger partial charge in [-0.05, 0) is 29.9 Å². The van der Waals surface area contributed by atoms with Crippen molar-refractivity contribution < 1.29 is 0 Å². The van der Waals surface area contributed by atoms with Gasteiger partial charge >= 0.3 is 0 Å². The third-order valence-corrected chi connectivity index (χ3v) is 5.66. The van der Waals surface area contributed by atoms with Gasteiger partial charge in [0.2, 0.25) is 0 Å². The molecule has 2 aromatic rings. The summed E-state index contributed by atoms with van der Waals surface area (Å²) in [6, 6.07) is 8.00. The van der Waals surface area contributed by atoms with Crippen LogP contribution in [0.3, 0.4) is 0 Å². The monoisotopic (exact) mass is 376 g/mol. The number of hydrogen-bond acceptors (Lipinski definition) is 2. The SMILES string of the molecule is CCCCCCCCSC(C=Cc1ccc(Cl)cc1)Cn1ccnc1. The predicted molar refractivity (Wildman–Crippen MR) is 112 cm³/mol. The molecule has 25 heavy (non-hydrogen) atoms. The fourth-order valence-electron chi connectivity index (χ4n) is 2.68. The van der Waals surface area contributed by atoms with Gasteiger partial charge in [-0.3, -0.25) is 0 Å². The minimum absolute atomic E-state index is 0.459. The topological polar surface area (TPSA) is 17.8 Å². The lowest BCUT2D eigenvalue weighted by molar-refractivity contribution is 0.626. The Kier molecular flexibility index (Phi) is 9.83. The largest absolute Gasteiger partial charge is 0.336 e. The fourth-order valence-corrected chi connectivity index (χ4v) is 3.95. The van der Waals surface area contributed by atoms with E-state index < -0.39 is 0 Å². The molecule has 136 valence electrons. The summed E-state index contributed by atoms with van der Waals surface area (Å²) in [6.45, 7) is 3.23. The van der Waals surface area contributed by atoms with Gasteiger partial charge in [0.05, 0.1) is 6.33 Å². The molecule has 2 nitrogen and oxygen atoms in total. The average Bonchev–Trinajstić information content (AvgIpc) is 3.13. The number of unbranched alkanes of at least 4 members (excludes halogenated alkanes) is 5. The maximum absolute atomic E-state index is 5.96. The van der Waals surface area contributed by atoms with E-state index in [-0.39, 0.29) is 0 Å². The fraction of sp³-hybridized carbons (Fsp3) is 0.476. The number of nitrogens with zero attached hydrogens (tertiary/aromatic N) is 2. The van der Waals surface area contributed by atoms with Crippen molar-refractivity contribution >= 4 is 29.4 Å². The van der Waals surface area contributed by atoms with Crippen molar-refractivity contribution in [3.05, 3.63) is 59.6 Å². The number of thioether (sulfide) groups is 1. The lowest BCUT2D eigenvalue weighted by Crippen LogP contribution is -2.10. The first-order valence-electron chi connectivity index (χ1n) is 9.29. The molecule has 0 spiro atoms. The van der Waals surface area contributed by atoms with Crippen molar-refractivity contribution in [3.63, 3.8) is 0 Å². The molecule has 0 N–H and O–H groups in total. The third-order valence-electron chi connectivity index (χ3n) is 4.15. The van der Waals surface area contributed by atoms with Gasteiger partial charge in [0, 0.05) is 29.2 Å². The van der Waals surface area contributed by atoms with Gasteiger partial charge in [0.15, 0.2) is 0 Å². The van der Waals surface area contributed by atoms with Crippen molar-refractivity contribution in [1.29, 1.82) is 0 Å². The highest BCUT2D eigenvalue weighted by Crippen LogP contribution is 2.20. The summed E-state index contributed by atoms with van der Waals surface area (Å²) in [5.74, 6) is 1.22. The number of halogens is 1. The summed E-state index contributed by atoms with van der Waals surface area (Å²) < 4.78 is 2.16. The van der Waals surface area contributed by atoms with Crippen LogP contribution in [-0.2, 0) is 6.54 Å². The second-order valence-electron chi connectivity index (χ2n) is 6.35. The van der Waals surface area contributed by atoms with Crippen LogP contribution in [0.15, 0.2) is 49.1 Å². The first-order valence-corrected chi connectivity index (χ1v) is 10.7. The van der Waals surface area contributed by atoms with Crippen LogP contribution in [0.2, 0.25) is 5.02 Å². The number of imidazole rings is 1. The van der Waals surface area contributed by atoms with Crippen molar-refractivity contribution in [2.75, 3.05) is 5.75 Å². The van der Waals surface area contributed by atoms with E-state index in [1.807, 2.05) is 42.6 Å². The van der Waals surface area contributed by atoms with Crippen LogP contribution < -0.4 is 0 Å². The Morgan fingerprint density at radius 1 is 1.12 bits per heavy atom. The zero-order valence-corrected chi connectivity index (χ0v) is 16.7. The van der Waals surface area contributed by atoms with Crippen molar-refractivity contribution in [3.8, 4) is 0 Å². The minimum Gasteiger partial charge on any atom is -0.336 e. The molecule has 0 aliphatic carbocycles. The highest BCUT2D eigenvalue weighted by Gasteiger charge is 2.06. The Morgan fingerprint density at radius 3 is 2.60 bits per heavy atom. The molecule has 4 heteroatoms. The van der Waals surface area contributed by atoms with Gasteiger partial charge in [-0.1, -0.05) is 74.9 Å². The van der Waals surface area contributed by atoms with Crippen LogP contribution in [0.1, 0.15) is 51.0 Å². The van der Waals surface area contributed by atoms with E-state index in [1.54, 1.807) is 0 Å². The predicted octanol–water partition coefficient (Wildman–Crippen LogP) is 6.71. The van der Waals surface area contributed by atoms with Crippen LogP contribution in [-0.4, -0.2) is 20.6 Å². The Labute approximate surface area is 161 Å². The van der Waals surface area contributed by atoms with Gasteiger partial charge in [0.25, 0.3) is 0 Å². The van der Waals surface area contributed by atoms with Gasteiger partial charge in [-0.15, -0.1) is 0 Å². The highest BCUT2D eigenvalue weighted by atomic mass is 35.5. The first kappa shape index (κ1) is 20.1. The quantitative estimate of drug-likeness (QED) is 0.383. The number of hydrogen-bond donors (Lipinski definition) is 0. The van der Waals surface area contributed by atoms with Crippen LogP contribution >= 0.6 is 23.4 Å². The maximum Gasteiger partial charge on any atom is 0.0946 e. The molecule has 0 saturated carbocycles. The third kappa shape index (κ3) is 8.64. The van der Waals surface area contributed by atoms with Crippen LogP contribution in [0.4, 0.5) is 0 Å². The lowest BCUT2D eigenvalue weighted by Gasteiger charge is -2.13. The molecule has 1 aromatic heterocycles. The summed E-state index contributed by atoms with van der Waals surface area (Å²) in [6.07, 6.45) is 18.4. The molecular formula is C21H29ClN2S. The molecule has 1 unspecified atom stereocenters. The summed E-state index contributed by atoms with van der Waals surface area (Å²) in [5.41, 5.74) is 1.19. The van der Waals surface area contributed by atoms with Crippen molar-refractivity contribution in [2.45, 2.75) is 57.2 Å². The van der Waals surface area contributed by atoms with E-state index in [1.165, 1.54) is 49.8 Å². The van der Waals surface area contributed by atoms with Gasteiger partial charge < -0.3 is 4.57 Å². The highest BCUT2D eigenvalue weighted by molar-refractivity contribution is 8.00. The summed E-state index contributed by atoms with van der Waals surface area (Å²) >= 11 is 8.01. The Hall–Kier alpha value is -1.19. The van der Waals surface area contributed by atoms with E-state index in [0.29, 0.717) is 5.25 Å². The summed E-state index contributed by atoms with van der Waals surface area (Å²) in [5, 5.41) is 1.24. The molecule has 0 aliphatic heterocycles. The maximum atomic E-state index is 5.96. The Balaban J connectivity index is 1.81. The van der Waals surface area contributed by atoms with Crippen LogP contribution in [0.25, 0.3) is 6.08 Å². The van der Waals surface area contributed by atoms with E-state index in [9.17, 15) is 0 Å². The zero-order chi connectivity index (χ0) is 17.7. The van der Waals surface area contributed by atoms with Crippen LogP contribution in [0, 0.1) is 0 Å². The van der Waals surface area contributed by atoms with E-state index in [0.717, 1.165) is 11.6 Å². The second kappa shape index (κ2) is 12.2. The van der Waals surface area contributed by atoms with E-state index in [4.69, 9.17) is 11.6 Å². The summed E-state index contributed by atoms with van der Waals surface area (Å²) in [7, 11) is 0. The van der Waals surface area contributed by atoms with Crippen LogP contribution in [0.5, 0.6) is 0 Å². The molecule has 2 rings (SSSR count).